The van der Waals surface area contributed by atoms with Gasteiger partial charge in [0.1, 0.15) is 6.07 Å². The fraction of sp³-hybridized carbons (Fsp3) is 0.222. The van der Waals surface area contributed by atoms with Gasteiger partial charge in [0.25, 0.3) is 5.56 Å². The Hall–Kier alpha value is -2.49. The highest BCUT2D eigenvalue weighted by atomic mass is 16.2. The van der Waals surface area contributed by atoms with E-state index in [1.165, 1.54) is 24.9 Å². The van der Waals surface area contributed by atoms with Gasteiger partial charge in [-0.05, 0) is 0 Å². The lowest BCUT2D eigenvalue weighted by Crippen LogP contribution is -2.37. The summed E-state index contributed by atoms with van der Waals surface area (Å²) in [6.45, 7) is 0. The Balaban J connectivity index is 3.11. The average Bonchev–Trinajstić information content (AvgIpc) is 2.33. The highest BCUT2D eigenvalue weighted by Crippen LogP contribution is 2.00. The third kappa shape index (κ3) is 1.20. The van der Waals surface area contributed by atoms with E-state index in [0.717, 1.165) is 4.57 Å². The van der Waals surface area contributed by atoms with E-state index in [-0.39, 0.29) is 16.9 Å². The van der Waals surface area contributed by atoms with Crippen molar-refractivity contribution in [2.24, 2.45) is 14.1 Å². The van der Waals surface area contributed by atoms with Gasteiger partial charge in [0.2, 0.25) is 0 Å². The van der Waals surface area contributed by atoms with Gasteiger partial charge in [-0.15, -0.1) is 0 Å². The molecular weight excluding hydrogens is 210 g/mol. The van der Waals surface area contributed by atoms with Crippen LogP contribution in [0.25, 0.3) is 11.2 Å². The number of rotatable bonds is 0. The summed E-state index contributed by atoms with van der Waals surface area (Å²) in [6.07, 6.45) is 1.22. The molecule has 0 aliphatic heterocycles. The van der Waals surface area contributed by atoms with Crippen LogP contribution < -0.4 is 11.2 Å². The van der Waals surface area contributed by atoms with Crippen LogP contribution in [0.1, 0.15) is 5.69 Å². The van der Waals surface area contributed by atoms with Crippen molar-refractivity contribution >= 4 is 11.2 Å². The van der Waals surface area contributed by atoms with E-state index < -0.39 is 11.2 Å². The zero-order valence-electron chi connectivity index (χ0n) is 8.63. The second-order valence-electron chi connectivity index (χ2n) is 3.25. The molecule has 0 aliphatic rings. The van der Waals surface area contributed by atoms with E-state index in [9.17, 15) is 9.59 Å². The Kier molecular flexibility index (Phi) is 2.05. The van der Waals surface area contributed by atoms with Gasteiger partial charge in [0.05, 0.1) is 6.20 Å². The minimum atomic E-state index is -0.553. The molecule has 0 N–H and O–H groups in total. The Labute approximate surface area is 89.2 Å². The molecule has 0 aromatic carbocycles. The van der Waals surface area contributed by atoms with Gasteiger partial charge in [-0.3, -0.25) is 13.9 Å². The van der Waals surface area contributed by atoms with E-state index in [1.54, 1.807) is 6.07 Å². The fourth-order valence-electron chi connectivity index (χ4n) is 1.39. The average molecular weight is 217 g/mol. The van der Waals surface area contributed by atoms with Crippen LogP contribution in [-0.2, 0) is 14.1 Å². The van der Waals surface area contributed by atoms with Crippen LogP contribution in [0.15, 0.2) is 15.8 Å². The summed E-state index contributed by atoms with van der Waals surface area (Å²) in [5, 5.41) is 8.65. The summed E-state index contributed by atoms with van der Waals surface area (Å²) in [5.41, 5.74) is -0.793. The lowest BCUT2D eigenvalue weighted by molar-refractivity contribution is 0.704. The van der Waals surface area contributed by atoms with Crippen molar-refractivity contribution < 1.29 is 0 Å². The van der Waals surface area contributed by atoms with Gasteiger partial charge in [-0.1, -0.05) is 0 Å². The molecule has 0 bridgehead atoms. The minimum absolute atomic E-state index is 0.0173. The Morgan fingerprint density at radius 2 is 2.00 bits per heavy atom. The summed E-state index contributed by atoms with van der Waals surface area (Å²) in [7, 11) is 2.84. The standard InChI is InChI=1S/C9H7N5O2/c1-13-7-6(8(15)14(2)9(13)16)12-5(3-10)4-11-7/h4H,1-2H3. The summed E-state index contributed by atoms with van der Waals surface area (Å²) in [4.78, 5) is 31.0. The van der Waals surface area contributed by atoms with Crippen LogP contribution >= 0.6 is 0 Å². The fourth-order valence-corrected chi connectivity index (χ4v) is 1.39. The van der Waals surface area contributed by atoms with Crippen LogP contribution in [0, 0.1) is 11.3 Å². The van der Waals surface area contributed by atoms with Crippen molar-refractivity contribution in [3.8, 4) is 6.07 Å². The maximum atomic E-state index is 11.7. The molecule has 0 radical (unpaired) electrons. The van der Waals surface area contributed by atoms with Crippen LogP contribution in [0.3, 0.4) is 0 Å². The summed E-state index contributed by atoms with van der Waals surface area (Å²) < 4.78 is 2.14. The molecule has 0 atom stereocenters. The SMILES string of the molecule is Cn1c(=O)c2nc(C#N)cnc2n(C)c1=O. The van der Waals surface area contributed by atoms with Gasteiger partial charge in [0.15, 0.2) is 16.9 Å². The van der Waals surface area contributed by atoms with Crippen molar-refractivity contribution in [3.63, 3.8) is 0 Å². The molecule has 7 nitrogen and oxygen atoms in total. The van der Waals surface area contributed by atoms with E-state index in [0.29, 0.717) is 0 Å². The summed E-state index contributed by atoms with van der Waals surface area (Å²) in [6, 6.07) is 1.79. The Bertz CT molecular complexity index is 734. The zero-order chi connectivity index (χ0) is 11.9. The maximum Gasteiger partial charge on any atom is 0.332 e. The van der Waals surface area contributed by atoms with Crippen LogP contribution in [0.5, 0.6) is 0 Å². The van der Waals surface area contributed by atoms with Gasteiger partial charge < -0.3 is 0 Å². The molecule has 16 heavy (non-hydrogen) atoms. The molecule has 0 aliphatic carbocycles. The largest absolute Gasteiger partial charge is 0.332 e. The second kappa shape index (κ2) is 3.27. The van der Waals surface area contributed by atoms with E-state index in [4.69, 9.17) is 5.26 Å². The van der Waals surface area contributed by atoms with Crippen molar-refractivity contribution in [2.75, 3.05) is 0 Å². The number of hydrogen-bond donors (Lipinski definition) is 0. The molecule has 0 amide bonds. The normalized spacial score (nSPS) is 10.3. The molecule has 2 rings (SSSR count). The first kappa shape index (κ1) is 10.0. The number of fused-ring (bicyclic) bond motifs is 1. The van der Waals surface area contributed by atoms with Gasteiger partial charge >= 0.3 is 5.69 Å². The molecule has 2 heterocycles. The first-order chi connectivity index (χ1) is 7.56. The smallest absolute Gasteiger partial charge is 0.279 e. The van der Waals surface area contributed by atoms with Crippen LogP contribution in [0.2, 0.25) is 0 Å². The molecule has 2 aromatic heterocycles. The van der Waals surface area contributed by atoms with Gasteiger partial charge in [-0.2, -0.15) is 5.26 Å². The molecule has 7 heteroatoms. The molecule has 0 fully saturated rings. The lowest BCUT2D eigenvalue weighted by Gasteiger charge is -2.04. The van der Waals surface area contributed by atoms with E-state index in [2.05, 4.69) is 9.97 Å². The third-order valence-corrected chi connectivity index (χ3v) is 2.27. The van der Waals surface area contributed by atoms with Crippen LogP contribution in [0.4, 0.5) is 0 Å². The molecule has 0 saturated carbocycles. The first-order valence-electron chi connectivity index (χ1n) is 4.39. The number of aryl methyl sites for hydroxylation is 1. The quantitative estimate of drug-likeness (QED) is 0.558. The number of aromatic nitrogens is 4. The Morgan fingerprint density at radius 1 is 1.31 bits per heavy atom. The topological polar surface area (TPSA) is 93.6 Å². The molecule has 0 unspecified atom stereocenters. The maximum absolute atomic E-state index is 11.7. The number of nitrogens with zero attached hydrogens (tertiary/aromatic N) is 5. The number of hydrogen-bond acceptors (Lipinski definition) is 5. The Morgan fingerprint density at radius 3 is 2.62 bits per heavy atom. The molecule has 80 valence electrons. The van der Waals surface area contributed by atoms with Gasteiger partial charge in [0, 0.05) is 14.1 Å². The first-order valence-corrected chi connectivity index (χ1v) is 4.39. The van der Waals surface area contributed by atoms with Crippen molar-refractivity contribution in [1.82, 2.24) is 19.1 Å². The van der Waals surface area contributed by atoms with E-state index >= 15 is 0 Å². The van der Waals surface area contributed by atoms with Crippen molar-refractivity contribution in [3.05, 3.63) is 32.7 Å². The second-order valence-corrected chi connectivity index (χ2v) is 3.25. The van der Waals surface area contributed by atoms with Gasteiger partial charge in [-0.25, -0.2) is 14.8 Å². The number of nitriles is 1. The van der Waals surface area contributed by atoms with Crippen molar-refractivity contribution in [2.45, 2.75) is 0 Å². The minimum Gasteiger partial charge on any atom is -0.279 e. The van der Waals surface area contributed by atoms with Crippen LogP contribution in [-0.4, -0.2) is 19.1 Å². The molecule has 0 spiro atoms. The molecular formula is C9H7N5O2. The molecule has 2 aromatic rings. The van der Waals surface area contributed by atoms with E-state index in [1.807, 2.05) is 0 Å². The predicted octanol–water partition coefficient (Wildman–Crippen LogP) is -1.10. The highest BCUT2D eigenvalue weighted by Gasteiger charge is 2.11. The summed E-state index contributed by atoms with van der Waals surface area (Å²) in [5.74, 6) is 0. The third-order valence-electron chi connectivity index (χ3n) is 2.27. The zero-order valence-corrected chi connectivity index (χ0v) is 8.63. The monoisotopic (exact) mass is 217 g/mol. The predicted molar refractivity (Wildman–Crippen MR) is 54.7 cm³/mol. The lowest BCUT2D eigenvalue weighted by atomic mass is 10.4. The highest BCUT2D eigenvalue weighted by molar-refractivity contribution is 5.68. The van der Waals surface area contributed by atoms with Crippen molar-refractivity contribution in [1.29, 1.82) is 5.26 Å². The molecule has 0 saturated heterocycles. The summed E-state index contributed by atoms with van der Waals surface area (Å²) >= 11 is 0.